The van der Waals surface area contributed by atoms with Gasteiger partial charge in [-0.2, -0.15) is 0 Å². The molecule has 1 unspecified atom stereocenters. The molecule has 4 nitrogen and oxygen atoms in total. The first-order valence-electron chi connectivity index (χ1n) is 8.89. The van der Waals surface area contributed by atoms with Crippen LogP contribution in [0.25, 0.3) is 0 Å². The Bertz CT molecular complexity index is 307. The standard InChI is InChI=1S/C17H33N3O/c1-14(2)20(12-15-7-6-10-18-11-15)13-17(21)19-16-8-4-3-5-9-16/h14-16,18H,3-13H2,1-2H3,(H,19,21). The average Bonchev–Trinajstić information content (AvgIpc) is 2.48. The first-order chi connectivity index (χ1) is 10.1. The first-order valence-corrected chi connectivity index (χ1v) is 8.89. The number of piperidine rings is 1. The number of carbonyl (C=O) groups is 1. The number of carbonyl (C=O) groups excluding carboxylic acids is 1. The Morgan fingerprint density at radius 2 is 1.95 bits per heavy atom. The van der Waals surface area contributed by atoms with Gasteiger partial charge in [0.15, 0.2) is 0 Å². The molecule has 0 radical (unpaired) electrons. The lowest BCUT2D eigenvalue weighted by Crippen LogP contribution is -2.47. The predicted molar refractivity (Wildman–Crippen MR) is 87.3 cm³/mol. The molecule has 1 heterocycles. The maximum absolute atomic E-state index is 12.3. The zero-order valence-electron chi connectivity index (χ0n) is 13.9. The average molecular weight is 295 g/mol. The number of rotatable bonds is 6. The third-order valence-corrected chi connectivity index (χ3v) is 4.94. The highest BCUT2D eigenvalue weighted by molar-refractivity contribution is 5.78. The molecule has 122 valence electrons. The molecule has 0 aromatic rings. The lowest BCUT2D eigenvalue weighted by Gasteiger charge is -2.33. The summed E-state index contributed by atoms with van der Waals surface area (Å²) < 4.78 is 0. The van der Waals surface area contributed by atoms with Crippen molar-refractivity contribution >= 4 is 5.91 Å². The van der Waals surface area contributed by atoms with Gasteiger partial charge in [-0.05, 0) is 58.5 Å². The molecule has 2 aliphatic rings. The molecule has 1 amide bonds. The van der Waals surface area contributed by atoms with E-state index in [2.05, 4.69) is 29.4 Å². The molecule has 1 aliphatic carbocycles. The van der Waals surface area contributed by atoms with E-state index in [9.17, 15) is 4.79 Å². The van der Waals surface area contributed by atoms with Crippen LogP contribution in [0.5, 0.6) is 0 Å². The minimum atomic E-state index is 0.222. The number of nitrogens with zero attached hydrogens (tertiary/aromatic N) is 1. The Labute approximate surface area is 130 Å². The summed E-state index contributed by atoms with van der Waals surface area (Å²) in [6.45, 7) is 8.26. The van der Waals surface area contributed by atoms with Crippen LogP contribution in [0.4, 0.5) is 0 Å². The molecule has 0 bridgehead atoms. The number of hydrogen-bond acceptors (Lipinski definition) is 3. The molecule has 1 saturated heterocycles. The Hall–Kier alpha value is -0.610. The largest absolute Gasteiger partial charge is 0.352 e. The molecule has 0 aromatic heterocycles. The molecule has 1 atom stereocenters. The van der Waals surface area contributed by atoms with Gasteiger partial charge >= 0.3 is 0 Å². The van der Waals surface area contributed by atoms with Crippen LogP contribution in [0.2, 0.25) is 0 Å². The zero-order valence-corrected chi connectivity index (χ0v) is 13.9. The molecule has 2 fully saturated rings. The van der Waals surface area contributed by atoms with Gasteiger partial charge in [0.1, 0.15) is 0 Å². The van der Waals surface area contributed by atoms with Crippen LogP contribution in [0, 0.1) is 5.92 Å². The second-order valence-electron chi connectivity index (χ2n) is 7.14. The number of hydrogen-bond donors (Lipinski definition) is 2. The van der Waals surface area contributed by atoms with Gasteiger partial charge < -0.3 is 10.6 Å². The van der Waals surface area contributed by atoms with Crippen LogP contribution in [0.3, 0.4) is 0 Å². The Balaban J connectivity index is 1.76. The predicted octanol–water partition coefficient (Wildman–Crippen LogP) is 2.15. The van der Waals surface area contributed by atoms with Crippen LogP contribution in [0.1, 0.15) is 58.8 Å². The second-order valence-corrected chi connectivity index (χ2v) is 7.14. The third-order valence-electron chi connectivity index (χ3n) is 4.94. The van der Waals surface area contributed by atoms with E-state index in [1.54, 1.807) is 0 Å². The van der Waals surface area contributed by atoms with Crippen LogP contribution in [-0.2, 0) is 4.79 Å². The van der Waals surface area contributed by atoms with E-state index in [-0.39, 0.29) is 5.91 Å². The van der Waals surface area contributed by atoms with Crippen LogP contribution in [-0.4, -0.2) is 49.1 Å². The monoisotopic (exact) mass is 295 g/mol. The maximum atomic E-state index is 12.3. The zero-order chi connectivity index (χ0) is 15.1. The van der Waals surface area contributed by atoms with E-state index in [0.717, 1.165) is 19.6 Å². The van der Waals surface area contributed by atoms with Crippen molar-refractivity contribution in [1.29, 1.82) is 0 Å². The van der Waals surface area contributed by atoms with E-state index in [4.69, 9.17) is 0 Å². The normalized spacial score (nSPS) is 24.5. The Morgan fingerprint density at radius 3 is 2.57 bits per heavy atom. The van der Waals surface area contributed by atoms with Crippen molar-refractivity contribution in [1.82, 2.24) is 15.5 Å². The molecular weight excluding hydrogens is 262 g/mol. The molecule has 21 heavy (non-hydrogen) atoms. The highest BCUT2D eigenvalue weighted by atomic mass is 16.2. The summed E-state index contributed by atoms with van der Waals surface area (Å²) in [5.74, 6) is 0.919. The molecule has 4 heteroatoms. The van der Waals surface area contributed by atoms with E-state index in [1.807, 2.05) is 0 Å². The van der Waals surface area contributed by atoms with E-state index in [1.165, 1.54) is 44.9 Å². The molecule has 2 rings (SSSR count). The van der Waals surface area contributed by atoms with Gasteiger partial charge in [0.05, 0.1) is 6.54 Å². The lowest BCUT2D eigenvalue weighted by atomic mass is 9.95. The molecule has 1 saturated carbocycles. The molecule has 0 aromatic carbocycles. The first kappa shape index (κ1) is 16.8. The summed E-state index contributed by atoms with van der Waals surface area (Å²) in [6.07, 6.45) is 8.77. The molecule has 1 aliphatic heterocycles. The minimum absolute atomic E-state index is 0.222. The summed E-state index contributed by atoms with van der Waals surface area (Å²) in [4.78, 5) is 14.6. The Kier molecular flexibility index (Phi) is 6.97. The topological polar surface area (TPSA) is 44.4 Å². The fourth-order valence-electron chi connectivity index (χ4n) is 3.57. The van der Waals surface area contributed by atoms with Gasteiger partial charge in [-0.15, -0.1) is 0 Å². The van der Waals surface area contributed by atoms with Crippen molar-refractivity contribution in [3.63, 3.8) is 0 Å². The SMILES string of the molecule is CC(C)N(CC(=O)NC1CCCCC1)CC1CCCNC1. The van der Waals surface area contributed by atoms with Crippen LogP contribution < -0.4 is 10.6 Å². The fourth-order valence-corrected chi connectivity index (χ4v) is 3.57. The highest BCUT2D eigenvalue weighted by Crippen LogP contribution is 2.17. The Morgan fingerprint density at radius 1 is 1.19 bits per heavy atom. The van der Waals surface area contributed by atoms with Gasteiger partial charge in [0.25, 0.3) is 0 Å². The smallest absolute Gasteiger partial charge is 0.234 e. The van der Waals surface area contributed by atoms with Gasteiger partial charge in [0, 0.05) is 18.6 Å². The fraction of sp³-hybridized carbons (Fsp3) is 0.941. The van der Waals surface area contributed by atoms with Gasteiger partial charge in [-0.25, -0.2) is 0 Å². The highest BCUT2D eigenvalue weighted by Gasteiger charge is 2.22. The maximum Gasteiger partial charge on any atom is 0.234 e. The molecule has 0 spiro atoms. The van der Waals surface area contributed by atoms with Gasteiger partial charge in [0.2, 0.25) is 5.91 Å². The summed E-state index contributed by atoms with van der Waals surface area (Å²) in [6, 6.07) is 0.862. The van der Waals surface area contributed by atoms with Gasteiger partial charge in [-0.3, -0.25) is 9.69 Å². The van der Waals surface area contributed by atoms with Crippen molar-refractivity contribution in [2.24, 2.45) is 5.92 Å². The number of nitrogens with one attached hydrogen (secondary N) is 2. The number of amides is 1. The summed E-state index contributed by atoms with van der Waals surface area (Å²) in [5, 5.41) is 6.72. The van der Waals surface area contributed by atoms with E-state index < -0.39 is 0 Å². The second kappa shape index (κ2) is 8.74. The quantitative estimate of drug-likeness (QED) is 0.789. The van der Waals surface area contributed by atoms with E-state index >= 15 is 0 Å². The van der Waals surface area contributed by atoms with Crippen molar-refractivity contribution in [3.8, 4) is 0 Å². The lowest BCUT2D eigenvalue weighted by molar-refractivity contribution is -0.123. The van der Waals surface area contributed by atoms with Crippen molar-refractivity contribution in [2.45, 2.75) is 70.9 Å². The summed E-state index contributed by atoms with van der Waals surface area (Å²) >= 11 is 0. The third kappa shape index (κ3) is 5.95. The van der Waals surface area contributed by atoms with Crippen molar-refractivity contribution in [3.05, 3.63) is 0 Å². The minimum Gasteiger partial charge on any atom is -0.352 e. The summed E-state index contributed by atoms with van der Waals surface area (Å²) in [7, 11) is 0. The van der Waals surface area contributed by atoms with Crippen molar-refractivity contribution < 1.29 is 4.79 Å². The van der Waals surface area contributed by atoms with Crippen LogP contribution >= 0.6 is 0 Å². The van der Waals surface area contributed by atoms with E-state index in [0.29, 0.717) is 24.5 Å². The summed E-state index contributed by atoms with van der Waals surface area (Å²) in [5.41, 5.74) is 0. The molecule has 2 N–H and O–H groups in total. The molecular formula is C17H33N3O. The van der Waals surface area contributed by atoms with Gasteiger partial charge in [-0.1, -0.05) is 19.3 Å². The van der Waals surface area contributed by atoms with Crippen molar-refractivity contribution in [2.75, 3.05) is 26.2 Å². The van der Waals surface area contributed by atoms with Crippen LogP contribution in [0.15, 0.2) is 0 Å².